The van der Waals surface area contributed by atoms with Crippen molar-refractivity contribution in [3.63, 3.8) is 0 Å². The fraction of sp³-hybridized carbons (Fsp3) is 0.435. The molecule has 154 valence electrons. The van der Waals surface area contributed by atoms with E-state index in [1.165, 1.54) is 11.6 Å². The van der Waals surface area contributed by atoms with Gasteiger partial charge in [-0.2, -0.15) is 0 Å². The van der Waals surface area contributed by atoms with Crippen molar-refractivity contribution >= 4 is 11.7 Å². The monoisotopic (exact) mass is 398 g/mol. The molecule has 2 heterocycles. The van der Waals surface area contributed by atoms with Gasteiger partial charge in [0.25, 0.3) is 0 Å². The lowest BCUT2D eigenvalue weighted by Gasteiger charge is -2.46. The first-order chi connectivity index (χ1) is 14.1. The van der Waals surface area contributed by atoms with Crippen LogP contribution in [0, 0.1) is 5.82 Å². The van der Waals surface area contributed by atoms with Crippen LogP contribution in [0.2, 0.25) is 0 Å². The summed E-state index contributed by atoms with van der Waals surface area (Å²) in [4.78, 5) is 14.2. The topological polar surface area (TPSA) is 50.8 Å². The minimum absolute atomic E-state index is 0.169. The van der Waals surface area contributed by atoms with Crippen LogP contribution < -0.4 is 5.32 Å². The van der Waals surface area contributed by atoms with E-state index in [2.05, 4.69) is 17.4 Å². The Labute approximate surface area is 170 Å². The molecule has 0 radical (unpaired) electrons. The molecule has 4 rings (SSSR count). The molecule has 1 atom stereocenters. The summed E-state index contributed by atoms with van der Waals surface area (Å²) in [7, 11) is 0. The highest BCUT2D eigenvalue weighted by molar-refractivity contribution is 5.89. The quantitative estimate of drug-likeness (QED) is 0.820. The van der Waals surface area contributed by atoms with E-state index in [9.17, 15) is 9.18 Å². The Morgan fingerprint density at radius 3 is 2.62 bits per heavy atom. The first kappa shape index (κ1) is 19.9. The molecule has 2 aliphatic heterocycles. The smallest absolute Gasteiger partial charge is 0.321 e. The van der Waals surface area contributed by atoms with Crippen LogP contribution in [0.1, 0.15) is 31.2 Å². The van der Waals surface area contributed by atoms with Crippen molar-refractivity contribution in [3.8, 4) is 0 Å². The average Bonchev–Trinajstić information content (AvgIpc) is 2.75. The van der Waals surface area contributed by atoms with Gasteiger partial charge in [0.2, 0.25) is 0 Å². The maximum absolute atomic E-state index is 13.8. The average molecular weight is 398 g/mol. The Morgan fingerprint density at radius 2 is 1.86 bits per heavy atom. The lowest BCUT2D eigenvalue weighted by Crippen LogP contribution is -2.52. The van der Waals surface area contributed by atoms with Crippen molar-refractivity contribution in [1.82, 2.24) is 4.90 Å². The van der Waals surface area contributed by atoms with Crippen molar-refractivity contribution < 1.29 is 18.7 Å². The lowest BCUT2D eigenvalue weighted by atomic mass is 9.83. The molecule has 2 saturated heterocycles. The molecule has 0 aromatic heterocycles. The lowest BCUT2D eigenvalue weighted by molar-refractivity contribution is -0.154. The van der Waals surface area contributed by atoms with Crippen LogP contribution in [0.4, 0.5) is 14.9 Å². The minimum Gasteiger partial charge on any atom is -0.375 e. The molecule has 6 heteroatoms. The second-order valence-electron chi connectivity index (χ2n) is 7.84. The van der Waals surface area contributed by atoms with Gasteiger partial charge in [0, 0.05) is 26.1 Å². The van der Waals surface area contributed by atoms with Crippen molar-refractivity contribution in [2.24, 2.45) is 0 Å². The summed E-state index contributed by atoms with van der Waals surface area (Å²) in [6.45, 7) is 2.47. The number of anilines is 1. The molecule has 0 bridgehead atoms. The van der Waals surface area contributed by atoms with Gasteiger partial charge in [0.05, 0.1) is 24.0 Å². The van der Waals surface area contributed by atoms with Gasteiger partial charge < -0.3 is 19.7 Å². The molecule has 0 aliphatic carbocycles. The summed E-state index contributed by atoms with van der Waals surface area (Å²) in [5.41, 5.74) is 1.16. The van der Waals surface area contributed by atoms with E-state index >= 15 is 0 Å². The summed E-state index contributed by atoms with van der Waals surface area (Å²) in [5, 5.41) is 2.66. The Balaban J connectivity index is 1.28. The number of rotatable bonds is 4. The third-order valence-corrected chi connectivity index (χ3v) is 5.85. The zero-order valence-electron chi connectivity index (χ0n) is 16.5. The predicted molar refractivity (Wildman–Crippen MR) is 109 cm³/mol. The number of hydrogen-bond acceptors (Lipinski definition) is 3. The van der Waals surface area contributed by atoms with Crippen LogP contribution in [0.15, 0.2) is 54.6 Å². The fourth-order valence-corrected chi connectivity index (χ4v) is 4.14. The Bertz CT molecular complexity index is 822. The maximum Gasteiger partial charge on any atom is 0.321 e. The predicted octanol–water partition coefficient (Wildman–Crippen LogP) is 4.59. The number of nitrogens with zero attached hydrogens (tertiary/aromatic N) is 1. The molecule has 1 spiro atoms. The summed E-state index contributed by atoms with van der Waals surface area (Å²) in [6.07, 6.45) is 3.45. The Kier molecular flexibility index (Phi) is 6.11. The Hall–Kier alpha value is -2.44. The van der Waals surface area contributed by atoms with Crippen LogP contribution in [0.3, 0.4) is 0 Å². The zero-order chi connectivity index (χ0) is 20.1. The first-order valence-corrected chi connectivity index (χ1v) is 10.2. The summed E-state index contributed by atoms with van der Waals surface area (Å²) >= 11 is 0. The summed E-state index contributed by atoms with van der Waals surface area (Å²) in [6, 6.07) is 16.1. The van der Waals surface area contributed by atoms with Gasteiger partial charge in [-0.05, 0) is 37.0 Å². The number of para-hydroxylation sites is 1. The number of carbonyl (C=O) groups excluding carboxylic acids is 1. The molecule has 29 heavy (non-hydrogen) atoms. The number of likely N-dealkylation sites (tertiary alicyclic amines) is 1. The Morgan fingerprint density at radius 1 is 1.14 bits per heavy atom. The van der Waals surface area contributed by atoms with Crippen molar-refractivity contribution in [3.05, 3.63) is 66.0 Å². The van der Waals surface area contributed by atoms with Crippen LogP contribution in [0.5, 0.6) is 0 Å². The van der Waals surface area contributed by atoms with Crippen LogP contribution in [-0.4, -0.2) is 42.3 Å². The molecule has 2 amide bonds. The van der Waals surface area contributed by atoms with Gasteiger partial charge in [-0.15, -0.1) is 0 Å². The number of hydrogen-bond donors (Lipinski definition) is 1. The second kappa shape index (κ2) is 8.93. The molecular formula is C23H27FN2O3. The van der Waals surface area contributed by atoms with E-state index in [-0.39, 0.29) is 23.4 Å². The number of amides is 2. The van der Waals surface area contributed by atoms with E-state index in [1.54, 1.807) is 23.1 Å². The van der Waals surface area contributed by atoms with Gasteiger partial charge in [0.15, 0.2) is 0 Å². The normalized spacial score (nSPS) is 21.1. The van der Waals surface area contributed by atoms with Gasteiger partial charge in [-0.1, -0.05) is 42.5 Å². The van der Waals surface area contributed by atoms with E-state index in [0.29, 0.717) is 26.3 Å². The molecule has 0 saturated carbocycles. The largest absolute Gasteiger partial charge is 0.375 e. The zero-order valence-corrected chi connectivity index (χ0v) is 16.5. The van der Waals surface area contributed by atoms with Crippen LogP contribution in [0.25, 0.3) is 0 Å². The third kappa shape index (κ3) is 4.95. The number of carbonyl (C=O) groups is 1. The highest BCUT2D eigenvalue weighted by Gasteiger charge is 2.41. The molecule has 2 aromatic carbocycles. The summed E-state index contributed by atoms with van der Waals surface area (Å²) < 4.78 is 26.1. The van der Waals surface area contributed by atoms with Crippen LogP contribution in [-0.2, 0) is 16.1 Å². The van der Waals surface area contributed by atoms with E-state index in [0.717, 1.165) is 25.7 Å². The molecule has 5 nitrogen and oxygen atoms in total. The van der Waals surface area contributed by atoms with Crippen molar-refractivity contribution in [1.29, 1.82) is 0 Å². The number of urea groups is 1. The standard InChI is InChI=1S/C23H27FN2O3/c24-20-8-4-5-9-21(20)25-22(27)26-13-11-23(12-14-26)16-19(10-15-29-23)28-17-18-6-2-1-3-7-18/h1-9,19H,10-17H2,(H,25,27). The minimum atomic E-state index is -0.427. The second-order valence-corrected chi connectivity index (χ2v) is 7.84. The first-order valence-electron chi connectivity index (χ1n) is 10.2. The van der Waals surface area contributed by atoms with Gasteiger partial charge in [-0.3, -0.25) is 0 Å². The molecule has 2 aromatic rings. The molecule has 1 unspecified atom stereocenters. The van der Waals surface area contributed by atoms with Gasteiger partial charge >= 0.3 is 6.03 Å². The van der Waals surface area contributed by atoms with E-state index < -0.39 is 5.82 Å². The number of piperidine rings is 1. The molecular weight excluding hydrogens is 371 g/mol. The highest BCUT2D eigenvalue weighted by atomic mass is 19.1. The fourth-order valence-electron chi connectivity index (χ4n) is 4.14. The molecule has 2 fully saturated rings. The number of ether oxygens (including phenoxy) is 2. The number of nitrogens with one attached hydrogen (secondary N) is 1. The van der Waals surface area contributed by atoms with E-state index in [4.69, 9.17) is 9.47 Å². The maximum atomic E-state index is 13.8. The van der Waals surface area contributed by atoms with E-state index in [1.807, 2.05) is 18.2 Å². The van der Waals surface area contributed by atoms with Crippen molar-refractivity contribution in [2.75, 3.05) is 25.0 Å². The number of benzene rings is 2. The number of halogens is 1. The molecule has 1 N–H and O–H groups in total. The SMILES string of the molecule is O=C(Nc1ccccc1F)N1CCC2(CC1)CC(OCc1ccccc1)CCO2. The van der Waals surface area contributed by atoms with Gasteiger partial charge in [0.1, 0.15) is 5.82 Å². The third-order valence-electron chi connectivity index (χ3n) is 5.85. The van der Waals surface area contributed by atoms with Crippen molar-refractivity contribution in [2.45, 2.75) is 44.0 Å². The summed E-state index contributed by atoms with van der Waals surface area (Å²) in [5.74, 6) is -0.427. The highest BCUT2D eigenvalue weighted by Crippen LogP contribution is 2.36. The molecule has 2 aliphatic rings. The van der Waals surface area contributed by atoms with Gasteiger partial charge in [-0.25, -0.2) is 9.18 Å². The van der Waals surface area contributed by atoms with Crippen LogP contribution >= 0.6 is 0 Å².